The minimum Gasteiger partial charge on any atom is -0.293 e. The topological polar surface area (TPSA) is 66.8 Å². The molecule has 6 heteroatoms. The second-order valence-electron chi connectivity index (χ2n) is 9.93. The number of fused-ring (bicyclic) bond motifs is 5. The van der Waals surface area contributed by atoms with Crippen molar-refractivity contribution in [1.29, 1.82) is 0 Å². The van der Waals surface area contributed by atoms with Crippen LogP contribution < -0.4 is 0 Å². The molecule has 2 aliphatic heterocycles. The molecule has 2 heterocycles. The van der Waals surface area contributed by atoms with Crippen molar-refractivity contribution in [2.45, 2.75) is 18.0 Å². The fourth-order valence-corrected chi connectivity index (χ4v) is 6.86. The van der Waals surface area contributed by atoms with Crippen molar-refractivity contribution < 1.29 is 14.4 Å². The lowest BCUT2D eigenvalue weighted by molar-refractivity contribution is 0.0586. The Kier molecular flexibility index (Phi) is 5.10. The summed E-state index contributed by atoms with van der Waals surface area (Å²) in [6.07, 6.45) is 1.73. The number of rotatable bonds is 3. The molecule has 4 aromatic carbocycles. The maximum absolute atomic E-state index is 14.6. The Labute approximate surface area is 227 Å². The van der Waals surface area contributed by atoms with Crippen LogP contribution in [0.5, 0.6) is 0 Å². The van der Waals surface area contributed by atoms with E-state index in [-0.39, 0.29) is 17.3 Å². The quantitative estimate of drug-likeness (QED) is 0.219. The van der Waals surface area contributed by atoms with Gasteiger partial charge in [0.15, 0.2) is 17.3 Å². The van der Waals surface area contributed by atoms with E-state index in [4.69, 9.17) is 5.10 Å². The molecule has 3 aliphatic rings. The molecule has 4 aromatic rings. The number of carbonyl (C=O) groups is 3. The van der Waals surface area contributed by atoms with Crippen molar-refractivity contribution in [3.63, 3.8) is 0 Å². The number of carbonyl (C=O) groups excluding carboxylic acids is 3. The van der Waals surface area contributed by atoms with Gasteiger partial charge in [0.05, 0.1) is 12.3 Å². The molecule has 0 N–H and O–H groups in total. The van der Waals surface area contributed by atoms with Crippen molar-refractivity contribution >= 4 is 39.5 Å². The van der Waals surface area contributed by atoms with E-state index >= 15 is 0 Å². The number of hydrazone groups is 1. The van der Waals surface area contributed by atoms with Crippen LogP contribution in [0.25, 0.3) is 0 Å². The molecule has 0 aromatic heterocycles. The average Bonchev–Trinajstić information content (AvgIpc) is 3.40. The SMILES string of the molecule is O=C(c1ccccc1)[C@@H]1[C@@H](c2ccc(Br)cc2)C2(C(=O)c3ccccc3C2=O)[C@@H]2c3ccccc3C=NN12. The minimum absolute atomic E-state index is 0.173. The van der Waals surface area contributed by atoms with Gasteiger partial charge in [0.25, 0.3) is 0 Å². The molecular weight excluding hydrogens is 540 g/mol. The number of benzene rings is 4. The number of Topliss-reactive ketones (excluding diaryl/α,β-unsaturated/α-hetero) is 3. The molecule has 184 valence electrons. The summed E-state index contributed by atoms with van der Waals surface area (Å²) < 4.78 is 0.868. The van der Waals surface area contributed by atoms with Crippen LogP contribution in [0.3, 0.4) is 0 Å². The van der Waals surface area contributed by atoms with E-state index in [1.165, 1.54) is 0 Å². The summed E-state index contributed by atoms with van der Waals surface area (Å²) in [7, 11) is 0. The Morgan fingerprint density at radius 2 is 1.37 bits per heavy atom. The van der Waals surface area contributed by atoms with Crippen molar-refractivity contribution in [3.8, 4) is 0 Å². The molecule has 7 rings (SSSR count). The predicted molar refractivity (Wildman–Crippen MR) is 148 cm³/mol. The van der Waals surface area contributed by atoms with Gasteiger partial charge in [-0.15, -0.1) is 0 Å². The molecule has 1 aliphatic carbocycles. The second-order valence-corrected chi connectivity index (χ2v) is 10.8. The molecule has 5 nitrogen and oxygen atoms in total. The van der Waals surface area contributed by atoms with Crippen molar-refractivity contribution in [2.75, 3.05) is 0 Å². The highest BCUT2D eigenvalue weighted by atomic mass is 79.9. The monoisotopic (exact) mass is 560 g/mol. The van der Waals surface area contributed by atoms with Gasteiger partial charge < -0.3 is 0 Å². The zero-order chi connectivity index (χ0) is 26.0. The Morgan fingerprint density at radius 1 is 0.763 bits per heavy atom. The summed E-state index contributed by atoms with van der Waals surface area (Å²) in [5.74, 6) is -1.44. The Hall–Kier alpha value is -4.16. The van der Waals surface area contributed by atoms with Crippen LogP contribution in [0.1, 0.15) is 59.7 Å². The van der Waals surface area contributed by atoms with Crippen LogP contribution in [0.15, 0.2) is 113 Å². The predicted octanol–water partition coefficient (Wildman–Crippen LogP) is 6.25. The van der Waals surface area contributed by atoms with Crippen LogP contribution in [0.4, 0.5) is 0 Å². The molecule has 0 amide bonds. The molecule has 1 fully saturated rings. The third-order valence-corrected chi connectivity index (χ3v) is 8.66. The maximum Gasteiger partial charge on any atom is 0.187 e. The van der Waals surface area contributed by atoms with Gasteiger partial charge in [0.1, 0.15) is 11.5 Å². The van der Waals surface area contributed by atoms with Gasteiger partial charge in [0.2, 0.25) is 0 Å². The smallest absolute Gasteiger partial charge is 0.187 e. The maximum atomic E-state index is 14.6. The number of nitrogens with zero attached hydrogens (tertiary/aromatic N) is 2. The summed E-state index contributed by atoms with van der Waals surface area (Å²) in [5.41, 5.74) is 2.17. The van der Waals surface area contributed by atoms with Crippen LogP contribution in [0.2, 0.25) is 0 Å². The molecule has 0 radical (unpaired) electrons. The summed E-state index contributed by atoms with van der Waals surface area (Å²) in [6.45, 7) is 0. The van der Waals surface area contributed by atoms with Gasteiger partial charge in [-0.2, -0.15) is 5.10 Å². The molecular formula is C32H21BrN2O3. The van der Waals surface area contributed by atoms with Gasteiger partial charge in [-0.3, -0.25) is 19.4 Å². The Morgan fingerprint density at radius 3 is 2.05 bits per heavy atom. The van der Waals surface area contributed by atoms with Crippen molar-refractivity contribution in [3.05, 3.63) is 141 Å². The van der Waals surface area contributed by atoms with E-state index in [2.05, 4.69) is 15.9 Å². The van der Waals surface area contributed by atoms with Gasteiger partial charge in [-0.1, -0.05) is 107 Å². The van der Waals surface area contributed by atoms with E-state index in [9.17, 15) is 14.4 Å². The second kappa shape index (κ2) is 8.43. The zero-order valence-electron chi connectivity index (χ0n) is 20.1. The lowest BCUT2D eigenvalue weighted by atomic mass is 9.63. The van der Waals surface area contributed by atoms with Crippen molar-refractivity contribution in [1.82, 2.24) is 5.01 Å². The number of hydrogen-bond acceptors (Lipinski definition) is 5. The summed E-state index contributed by atoms with van der Waals surface area (Å²) >= 11 is 3.50. The van der Waals surface area contributed by atoms with E-state index in [0.717, 1.165) is 21.2 Å². The van der Waals surface area contributed by atoms with Crippen LogP contribution in [-0.2, 0) is 0 Å². The number of ketones is 3. The molecule has 0 bridgehead atoms. The molecule has 38 heavy (non-hydrogen) atoms. The third kappa shape index (κ3) is 2.98. The van der Waals surface area contributed by atoms with Gasteiger partial charge >= 0.3 is 0 Å². The zero-order valence-corrected chi connectivity index (χ0v) is 21.7. The normalized spacial score (nSPS) is 22.3. The highest BCUT2D eigenvalue weighted by Crippen LogP contribution is 2.64. The van der Waals surface area contributed by atoms with Gasteiger partial charge in [-0.25, -0.2) is 0 Å². The van der Waals surface area contributed by atoms with Crippen LogP contribution >= 0.6 is 15.9 Å². The lowest BCUT2D eigenvalue weighted by Gasteiger charge is -2.36. The van der Waals surface area contributed by atoms with E-state index < -0.39 is 23.4 Å². The molecule has 1 spiro atoms. The number of hydrogen-bond donors (Lipinski definition) is 0. The first kappa shape index (κ1) is 23.0. The highest BCUT2D eigenvalue weighted by Gasteiger charge is 2.72. The van der Waals surface area contributed by atoms with Gasteiger partial charge in [-0.05, 0) is 28.8 Å². The molecule has 3 atom stereocenters. The fourth-order valence-electron chi connectivity index (χ4n) is 6.59. The van der Waals surface area contributed by atoms with Gasteiger partial charge in [0, 0.05) is 27.1 Å². The van der Waals surface area contributed by atoms with Crippen molar-refractivity contribution in [2.24, 2.45) is 10.5 Å². The van der Waals surface area contributed by atoms with E-state index in [0.29, 0.717) is 16.7 Å². The first-order chi connectivity index (χ1) is 18.5. The molecule has 0 saturated carbocycles. The van der Waals surface area contributed by atoms with E-state index in [1.54, 1.807) is 47.6 Å². The average molecular weight is 561 g/mol. The van der Waals surface area contributed by atoms with Crippen LogP contribution in [0, 0.1) is 5.41 Å². The Bertz CT molecular complexity index is 1630. The van der Waals surface area contributed by atoms with Crippen LogP contribution in [-0.4, -0.2) is 34.6 Å². The minimum atomic E-state index is -1.56. The summed E-state index contributed by atoms with van der Waals surface area (Å²) in [4.78, 5) is 43.6. The molecule has 0 unspecified atom stereocenters. The lowest BCUT2D eigenvalue weighted by Crippen LogP contribution is -2.43. The summed E-state index contributed by atoms with van der Waals surface area (Å²) in [5, 5.41) is 6.51. The Balaban J connectivity index is 1.56. The number of halogens is 1. The highest BCUT2D eigenvalue weighted by molar-refractivity contribution is 9.10. The largest absolute Gasteiger partial charge is 0.293 e. The first-order valence-electron chi connectivity index (χ1n) is 12.5. The standard InChI is InChI=1S/C32H21BrN2O3/c33-22-16-14-19(15-17-22)26-27(28(36)20-8-2-1-3-9-20)35-29(23-11-5-4-10-21(23)18-34-35)32(26)30(37)24-12-6-7-13-25(24)31(32)38/h1-18,26-27,29H/t26-,27+,29+/m1/s1. The van der Waals surface area contributed by atoms with E-state index in [1.807, 2.05) is 66.7 Å². The fraction of sp³-hybridized carbons (Fsp3) is 0.125. The summed E-state index contributed by atoms with van der Waals surface area (Å²) in [6, 6.07) is 29.7. The third-order valence-electron chi connectivity index (χ3n) is 8.13. The molecule has 1 saturated heterocycles. The first-order valence-corrected chi connectivity index (χ1v) is 13.3.